The Morgan fingerprint density at radius 1 is 1.37 bits per heavy atom. The number of nitrogens with two attached hydrogens (primary N) is 1. The molecule has 1 saturated carbocycles. The second-order valence-corrected chi connectivity index (χ2v) is 5.60. The van der Waals surface area contributed by atoms with Crippen molar-refractivity contribution in [1.82, 2.24) is 5.32 Å². The lowest BCUT2D eigenvalue weighted by Crippen LogP contribution is -2.49. The minimum atomic E-state index is -0.956. The summed E-state index contributed by atoms with van der Waals surface area (Å²) < 4.78 is 0. The molecule has 1 aliphatic rings. The second kappa shape index (κ2) is 7.48. The standard InChI is InChI=1S/C14H26N2O3/c1-3-9(2)12(14(18)19)16-13(17)11-7-5-4-6-10(11)8-15/h9-12H,3-8,15H2,1-2H3,(H,16,17)(H,18,19)/t9?,10?,11?,12-/m0/s1. The van der Waals surface area contributed by atoms with Gasteiger partial charge in [-0.15, -0.1) is 0 Å². The summed E-state index contributed by atoms with van der Waals surface area (Å²) in [5.74, 6) is -1.09. The Bertz CT molecular complexity index is 320. The van der Waals surface area contributed by atoms with Crippen molar-refractivity contribution in [3.8, 4) is 0 Å². The quantitative estimate of drug-likeness (QED) is 0.679. The van der Waals surface area contributed by atoms with Gasteiger partial charge in [0, 0.05) is 5.92 Å². The van der Waals surface area contributed by atoms with Gasteiger partial charge < -0.3 is 16.2 Å². The summed E-state index contributed by atoms with van der Waals surface area (Å²) in [6.45, 7) is 4.27. The van der Waals surface area contributed by atoms with Gasteiger partial charge in [0.25, 0.3) is 0 Å². The van der Waals surface area contributed by atoms with Gasteiger partial charge in [-0.05, 0) is 31.2 Å². The molecular formula is C14H26N2O3. The van der Waals surface area contributed by atoms with Gasteiger partial charge >= 0.3 is 5.97 Å². The lowest BCUT2D eigenvalue weighted by molar-refractivity contribution is -0.144. The van der Waals surface area contributed by atoms with Crippen LogP contribution in [0.1, 0.15) is 46.0 Å². The van der Waals surface area contributed by atoms with Crippen LogP contribution in [0.3, 0.4) is 0 Å². The van der Waals surface area contributed by atoms with Crippen LogP contribution < -0.4 is 11.1 Å². The van der Waals surface area contributed by atoms with E-state index in [2.05, 4.69) is 5.32 Å². The van der Waals surface area contributed by atoms with Crippen molar-refractivity contribution in [2.45, 2.75) is 52.0 Å². The number of carboxylic acid groups (broad SMARTS) is 1. The summed E-state index contributed by atoms with van der Waals surface area (Å²) >= 11 is 0. The molecule has 5 heteroatoms. The Labute approximate surface area is 114 Å². The van der Waals surface area contributed by atoms with E-state index in [4.69, 9.17) is 5.73 Å². The van der Waals surface area contributed by atoms with E-state index in [0.717, 1.165) is 32.1 Å². The van der Waals surface area contributed by atoms with E-state index in [0.29, 0.717) is 6.54 Å². The van der Waals surface area contributed by atoms with Gasteiger partial charge in [0.05, 0.1) is 0 Å². The number of carboxylic acids is 1. The van der Waals surface area contributed by atoms with Gasteiger partial charge in [0.1, 0.15) is 6.04 Å². The fourth-order valence-corrected chi connectivity index (χ4v) is 2.78. The molecule has 4 atom stereocenters. The number of hydrogen-bond acceptors (Lipinski definition) is 3. The normalized spacial score (nSPS) is 26.5. The largest absolute Gasteiger partial charge is 0.480 e. The molecule has 0 heterocycles. The first kappa shape index (κ1) is 16.0. The first-order valence-electron chi connectivity index (χ1n) is 7.24. The molecule has 4 N–H and O–H groups in total. The molecule has 1 amide bonds. The number of aliphatic carboxylic acids is 1. The molecule has 5 nitrogen and oxygen atoms in total. The summed E-state index contributed by atoms with van der Waals surface area (Å²) in [4.78, 5) is 23.5. The number of amides is 1. The molecule has 0 aromatic heterocycles. The van der Waals surface area contributed by atoms with Gasteiger partial charge in [-0.1, -0.05) is 33.1 Å². The predicted octanol–water partition coefficient (Wildman–Crippen LogP) is 1.37. The third-order valence-electron chi connectivity index (χ3n) is 4.33. The van der Waals surface area contributed by atoms with Crippen LogP contribution >= 0.6 is 0 Å². The molecule has 0 bridgehead atoms. The Balaban J connectivity index is 2.67. The SMILES string of the molecule is CCC(C)[C@H](NC(=O)C1CCCCC1CN)C(=O)O. The van der Waals surface area contributed by atoms with Gasteiger partial charge in [0.2, 0.25) is 5.91 Å². The molecule has 0 radical (unpaired) electrons. The van der Waals surface area contributed by atoms with E-state index in [9.17, 15) is 14.7 Å². The van der Waals surface area contributed by atoms with Crippen molar-refractivity contribution in [3.05, 3.63) is 0 Å². The maximum atomic E-state index is 12.3. The Kier molecular flexibility index (Phi) is 6.28. The van der Waals surface area contributed by atoms with E-state index >= 15 is 0 Å². The number of carbonyl (C=O) groups excluding carboxylic acids is 1. The monoisotopic (exact) mass is 270 g/mol. The smallest absolute Gasteiger partial charge is 0.326 e. The van der Waals surface area contributed by atoms with Gasteiger partial charge in [-0.25, -0.2) is 4.79 Å². The maximum absolute atomic E-state index is 12.3. The molecule has 3 unspecified atom stereocenters. The molecule has 1 aliphatic carbocycles. The van der Waals surface area contributed by atoms with E-state index in [1.165, 1.54) is 0 Å². The lowest BCUT2D eigenvalue weighted by Gasteiger charge is -2.31. The molecule has 0 spiro atoms. The Morgan fingerprint density at radius 2 is 2.00 bits per heavy atom. The molecule has 1 fully saturated rings. The predicted molar refractivity (Wildman–Crippen MR) is 73.5 cm³/mol. The molecule has 0 aromatic rings. The zero-order valence-corrected chi connectivity index (χ0v) is 11.9. The summed E-state index contributed by atoms with van der Waals surface area (Å²) in [7, 11) is 0. The van der Waals surface area contributed by atoms with E-state index in [-0.39, 0.29) is 23.7 Å². The average molecular weight is 270 g/mol. The van der Waals surface area contributed by atoms with Crippen molar-refractivity contribution in [2.75, 3.05) is 6.54 Å². The van der Waals surface area contributed by atoms with Crippen molar-refractivity contribution in [2.24, 2.45) is 23.5 Å². The van der Waals surface area contributed by atoms with Crippen LogP contribution in [0.5, 0.6) is 0 Å². The maximum Gasteiger partial charge on any atom is 0.326 e. The molecule has 1 rings (SSSR count). The molecule has 0 saturated heterocycles. The number of carbonyl (C=O) groups is 2. The van der Waals surface area contributed by atoms with Crippen LogP contribution in [0, 0.1) is 17.8 Å². The summed E-state index contributed by atoms with van der Waals surface area (Å²) in [5.41, 5.74) is 5.71. The molecule has 19 heavy (non-hydrogen) atoms. The molecule has 0 aromatic carbocycles. The van der Waals surface area contributed by atoms with Crippen molar-refractivity contribution in [3.63, 3.8) is 0 Å². The Hall–Kier alpha value is -1.10. The summed E-state index contributed by atoms with van der Waals surface area (Å²) in [6.07, 6.45) is 4.65. The fourth-order valence-electron chi connectivity index (χ4n) is 2.78. The van der Waals surface area contributed by atoms with Gasteiger partial charge in [0.15, 0.2) is 0 Å². The Morgan fingerprint density at radius 3 is 2.53 bits per heavy atom. The average Bonchev–Trinajstić information content (AvgIpc) is 2.43. The third-order valence-corrected chi connectivity index (χ3v) is 4.33. The highest BCUT2D eigenvalue weighted by Gasteiger charge is 2.33. The molecule has 110 valence electrons. The van der Waals surface area contributed by atoms with Crippen LogP contribution in [0.4, 0.5) is 0 Å². The third kappa shape index (κ3) is 4.20. The molecule has 0 aliphatic heterocycles. The summed E-state index contributed by atoms with van der Waals surface area (Å²) in [5, 5.41) is 11.9. The van der Waals surface area contributed by atoms with Crippen LogP contribution in [0.15, 0.2) is 0 Å². The highest BCUT2D eigenvalue weighted by atomic mass is 16.4. The number of nitrogens with one attached hydrogen (secondary N) is 1. The minimum absolute atomic E-state index is 0.0682. The number of hydrogen-bond donors (Lipinski definition) is 3. The first-order valence-corrected chi connectivity index (χ1v) is 7.24. The second-order valence-electron chi connectivity index (χ2n) is 5.60. The van der Waals surface area contributed by atoms with Crippen LogP contribution in [0.25, 0.3) is 0 Å². The fraction of sp³-hybridized carbons (Fsp3) is 0.857. The van der Waals surface area contributed by atoms with Crippen LogP contribution in [0.2, 0.25) is 0 Å². The van der Waals surface area contributed by atoms with E-state index < -0.39 is 12.0 Å². The van der Waals surface area contributed by atoms with Crippen molar-refractivity contribution in [1.29, 1.82) is 0 Å². The van der Waals surface area contributed by atoms with Gasteiger partial charge in [-0.2, -0.15) is 0 Å². The first-order chi connectivity index (χ1) is 9.01. The van der Waals surface area contributed by atoms with Crippen LogP contribution in [-0.2, 0) is 9.59 Å². The van der Waals surface area contributed by atoms with Crippen molar-refractivity contribution < 1.29 is 14.7 Å². The lowest BCUT2D eigenvalue weighted by atomic mass is 9.78. The van der Waals surface area contributed by atoms with E-state index in [1.807, 2.05) is 13.8 Å². The van der Waals surface area contributed by atoms with E-state index in [1.54, 1.807) is 0 Å². The van der Waals surface area contributed by atoms with Gasteiger partial charge in [-0.3, -0.25) is 4.79 Å². The molecular weight excluding hydrogens is 244 g/mol. The topological polar surface area (TPSA) is 92.4 Å². The summed E-state index contributed by atoms with van der Waals surface area (Å²) in [6, 6.07) is -0.794. The number of rotatable bonds is 6. The highest BCUT2D eigenvalue weighted by molar-refractivity contribution is 5.85. The minimum Gasteiger partial charge on any atom is -0.480 e. The van der Waals surface area contributed by atoms with Crippen molar-refractivity contribution >= 4 is 11.9 Å². The van der Waals surface area contributed by atoms with Crippen LogP contribution in [-0.4, -0.2) is 29.6 Å². The zero-order chi connectivity index (χ0) is 14.4. The zero-order valence-electron chi connectivity index (χ0n) is 11.9. The highest BCUT2D eigenvalue weighted by Crippen LogP contribution is 2.29.